The first-order chi connectivity index (χ1) is 12.7. The van der Waals surface area contributed by atoms with Crippen molar-refractivity contribution in [2.75, 3.05) is 24.9 Å². The Bertz CT molecular complexity index is 839. The molecule has 2 amide bonds. The molecule has 6 nitrogen and oxygen atoms in total. The summed E-state index contributed by atoms with van der Waals surface area (Å²) in [4.78, 5) is 25.6. The van der Waals surface area contributed by atoms with E-state index in [9.17, 15) is 9.59 Å². The Balaban J connectivity index is 2.20. The highest BCUT2D eigenvalue weighted by atomic mass is 16.5. The molecule has 0 saturated carbocycles. The number of para-hydroxylation sites is 1. The first-order valence-electron chi connectivity index (χ1n) is 8.62. The smallest absolute Gasteiger partial charge is 0.239 e. The molecule has 2 aromatic carbocycles. The number of methoxy groups -OCH3 is 2. The monoisotopic (exact) mass is 370 g/mol. The van der Waals surface area contributed by atoms with Crippen molar-refractivity contribution in [3.63, 3.8) is 0 Å². The van der Waals surface area contributed by atoms with Gasteiger partial charge in [0, 0.05) is 11.8 Å². The molecular weight excluding hydrogens is 344 g/mol. The molecule has 0 unspecified atom stereocenters. The standard InChI is InChI=1S/C21H26N2O4/c1-13-8-7-9-14(2)18(13)23-20(25)21(3,4)19(24)22-16-11-10-15(26-5)12-17(16)27-6/h7-12H,1-6H3,(H,22,24)(H,23,25). The fourth-order valence-electron chi connectivity index (χ4n) is 2.56. The number of nitrogens with one attached hydrogen (secondary N) is 2. The van der Waals surface area contributed by atoms with Crippen molar-refractivity contribution in [3.8, 4) is 11.5 Å². The number of amides is 2. The minimum Gasteiger partial charge on any atom is -0.497 e. The molecule has 0 bridgehead atoms. The summed E-state index contributed by atoms with van der Waals surface area (Å²) in [6, 6.07) is 10.8. The number of carbonyl (C=O) groups is 2. The molecule has 6 heteroatoms. The van der Waals surface area contributed by atoms with E-state index in [0.29, 0.717) is 17.2 Å². The first kappa shape index (κ1) is 20.3. The summed E-state index contributed by atoms with van der Waals surface area (Å²) in [5, 5.41) is 5.65. The zero-order chi connectivity index (χ0) is 20.2. The minimum absolute atomic E-state index is 0.384. The maximum absolute atomic E-state index is 12.8. The van der Waals surface area contributed by atoms with Gasteiger partial charge < -0.3 is 20.1 Å². The minimum atomic E-state index is -1.29. The van der Waals surface area contributed by atoms with E-state index in [-0.39, 0.29) is 5.91 Å². The number of hydrogen-bond donors (Lipinski definition) is 2. The highest BCUT2D eigenvalue weighted by Crippen LogP contribution is 2.31. The van der Waals surface area contributed by atoms with Crippen LogP contribution in [0.1, 0.15) is 25.0 Å². The maximum Gasteiger partial charge on any atom is 0.239 e. The predicted octanol–water partition coefficient (Wildman–Crippen LogP) is 3.92. The lowest BCUT2D eigenvalue weighted by Crippen LogP contribution is -2.41. The summed E-state index contributed by atoms with van der Waals surface area (Å²) >= 11 is 0. The van der Waals surface area contributed by atoms with Gasteiger partial charge in [-0.1, -0.05) is 18.2 Å². The molecule has 2 aromatic rings. The summed E-state index contributed by atoms with van der Waals surface area (Å²) in [5.74, 6) is 0.241. The largest absolute Gasteiger partial charge is 0.497 e. The summed E-state index contributed by atoms with van der Waals surface area (Å²) < 4.78 is 10.4. The quantitative estimate of drug-likeness (QED) is 0.756. The highest BCUT2D eigenvalue weighted by Gasteiger charge is 2.37. The van der Waals surface area contributed by atoms with Crippen LogP contribution in [0, 0.1) is 19.3 Å². The van der Waals surface area contributed by atoms with E-state index in [4.69, 9.17) is 9.47 Å². The SMILES string of the molecule is COc1ccc(NC(=O)C(C)(C)C(=O)Nc2c(C)cccc2C)c(OC)c1. The van der Waals surface area contributed by atoms with Crippen molar-refractivity contribution in [1.29, 1.82) is 0 Å². The average molecular weight is 370 g/mol. The fourth-order valence-corrected chi connectivity index (χ4v) is 2.56. The lowest BCUT2D eigenvalue weighted by atomic mass is 9.90. The van der Waals surface area contributed by atoms with Crippen LogP contribution < -0.4 is 20.1 Å². The van der Waals surface area contributed by atoms with Crippen LogP contribution in [0.2, 0.25) is 0 Å². The Kier molecular flexibility index (Phi) is 6.10. The third-order valence-corrected chi connectivity index (χ3v) is 4.51. The van der Waals surface area contributed by atoms with Gasteiger partial charge in [-0.05, 0) is 51.0 Å². The van der Waals surface area contributed by atoms with Crippen molar-refractivity contribution >= 4 is 23.2 Å². The van der Waals surface area contributed by atoms with E-state index in [0.717, 1.165) is 16.8 Å². The number of anilines is 2. The molecule has 27 heavy (non-hydrogen) atoms. The highest BCUT2D eigenvalue weighted by molar-refractivity contribution is 6.14. The molecule has 2 rings (SSSR count). The lowest BCUT2D eigenvalue weighted by Gasteiger charge is -2.24. The number of rotatable bonds is 6. The van der Waals surface area contributed by atoms with Crippen LogP contribution in [0.5, 0.6) is 11.5 Å². The molecule has 0 saturated heterocycles. The summed E-state index contributed by atoms with van der Waals surface area (Å²) in [7, 11) is 3.05. The Hall–Kier alpha value is -3.02. The van der Waals surface area contributed by atoms with Crippen LogP contribution in [-0.4, -0.2) is 26.0 Å². The molecule has 0 aromatic heterocycles. The van der Waals surface area contributed by atoms with Crippen LogP contribution in [0.4, 0.5) is 11.4 Å². The topological polar surface area (TPSA) is 76.7 Å². The Labute approximate surface area is 159 Å². The molecule has 2 N–H and O–H groups in total. The van der Waals surface area contributed by atoms with Gasteiger partial charge in [-0.15, -0.1) is 0 Å². The second-order valence-corrected chi connectivity index (χ2v) is 6.87. The predicted molar refractivity (Wildman–Crippen MR) is 107 cm³/mol. The van der Waals surface area contributed by atoms with Crippen LogP contribution >= 0.6 is 0 Å². The van der Waals surface area contributed by atoms with E-state index < -0.39 is 11.3 Å². The second-order valence-electron chi connectivity index (χ2n) is 6.87. The van der Waals surface area contributed by atoms with Gasteiger partial charge >= 0.3 is 0 Å². The zero-order valence-electron chi connectivity index (χ0n) is 16.6. The van der Waals surface area contributed by atoms with Gasteiger partial charge in [0.1, 0.15) is 16.9 Å². The van der Waals surface area contributed by atoms with Crippen LogP contribution in [0.25, 0.3) is 0 Å². The van der Waals surface area contributed by atoms with E-state index in [1.165, 1.54) is 7.11 Å². The molecule has 0 spiro atoms. The number of carbonyl (C=O) groups excluding carboxylic acids is 2. The molecule has 0 aliphatic carbocycles. The lowest BCUT2D eigenvalue weighted by molar-refractivity contribution is -0.135. The number of aryl methyl sites for hydroxylation is 2. The van der Waals surface area contributed by atoms with Crippen molar-refractivity contribution < 1.29 is 19.1 Å². The zero-order valence-corrected chi connectivity index (χ0v) is 16.6. The molecule has 0 aliphatic heterocycles. The first-order valence-corrected chi connectivity index (χ1v) is 8.62. The third-order valence-electron chi connectivity index (χ3n) is 4.51. The van der Waals surface area contributed by atoms with Crippen molar-refractivity contribution in [1.82, 2.24) is 0 Å². The average Bonchev–Trinajstić information content (AvgIpc) is 2.64. The van der Waals surface area contributed by atoms with Crippen molar-refractivity contribution in [2.24, 2.45) is 5.41 Å². The van der Waals surface area contributed by atoms with Gasteiger partial charge in [0.05, 0.1) is 19.9 Å². The van der Waals surface area contributed by atoms with Gasteiger partial charge in [-0.3, -0.25) is 9.59 Å². The number of ether oxygens (including phenoxy) is 2. The Morgan fingerprint density at radius 1 is 0.889 bits per heavy atom. The summed E-state index contributed by atoms with van der Waals surface area (Å²) in [6.45, 7) is 7.00. The maximum atomic E-state index is 12.8. The van der Waals surface area contributed by atoms with Crippen molar-refractivity contribution in [2.45, 2.75) is 27.7 Å². The normalized spacial score (nSPS) is 10.9. The Morgan fingerprint density at radius 2 is 1.48 bits per heavy atom. The number of hydrogen-bond acceptors (Lipinski definition) is 4. The molecular formula is C21H26N2O4. The van der Waals surface area contributed by atoms with Crippen LogP contribution in [0.15, 0.2) is 36.4 Å². The van der Waals surface area contributed by atoms with Gasteiger partial charge in [0.15, 0.2) is 0 Å². The second kappa shape index (κ2) is 8.12. The summed E-state index contributed by atoms with van der Waals surface area (Å²) in [5.41, 5.74) is 1.79. The molecule has 0 atom stereocenters. The molecule has 0 fully saturated rings. The van der Waals surface area contributed by atoms with Gasteiger partial charge in [-0.2, -0.15) is 0 Å². The summed E-state index contributed by atoms with van der Waals surface area (Å²) in [6.07, 6.45) is 0. The van der Waals surface area contributed by atoms with Crippen molar-refractivity contribution in [3.05, 3.63) is 47.5 Å². The van der Waals surface area contributed by atoms with Gasteiger partial charge in [-0.25, -0.2) is 0 Å². The Morgan fingerprint density at radius 3 is 2.04 bits per heavy atom. The molecule has 0 radical (unpaired) electrons. The van der Waals surface area contributed by atoms with Crippen LogP contribution in [-0.2, 0) is 9.59 Å². The molecule has 144 valence electrons. The fraction of sp³-hybridized carbons (Fsp3) is 0.333. The molecule has 0 aliphatic rings. The van der Waals surface area contributed by atoms with E-state index >= 15 is 0 Å². The molecule has 0 heterocycles. The third kappa shape index (κ3) is 4.39. The van der Waals surface area contributed by atoms with E-state index in [1.807, 2.05) is 32.0 Å². The van der Waals surface area contributed by atoms with E-state index in [2.05, 4.69) is 10.6 Å². The van der Waals surface area contributed by atoms with Gasteiger partial charge in [0.2, 0.25) is 11.8 Å². The van der Waals surface area contributed by atoms with E-state index in [1.54, 1.807) is 39.2 Å². The van der Waals surface area contributed by atoms with Crippen LogP contribution in [0.3, 0.4) is 0 Å². The number of benzene rings is 2. The van der Waals surface area contributed by atoms with Gasteiger partial charge in [0.25, 0.3) is 0 Å².